The van der Waals surface area contributed by atoms with Gasteiger partial charge in [0, 0.05) is 33.9 Å². The molecule has 0 spiro atoms. The molecule has 0 aliphatic heterocycles. The molecule has 1 aromatic carbocycles. The van der Waals surface area contributed by atoms with E-state index in [-0.39, 0.29) is 13.2 Å². The van der Waals surface area contributed by atoms with Gasteiger partial charge in [0.25, 0.3) is 0 Å². The van der Waals surface area contributed by atoms with Gasteiger partial charge >= 0.3 is 11.9 Å². The number of methoxy groups -OCH3 is 1. The molecule has 0 aliphatic rings. The molecular weight excluding hydrogens is 312 g/mol. The molecule has 0 saturated heterocycles. The molecule has 7 nitrogen and oxygen atoms in total. The van der Waals surface area contributed by atoms with Crippen LogP contribution in [0.4, 0.5) is 0 Å². The number of aromatic amines is 2. The number of rotatable bonds is 5. The van der Waals surface area contributed by atoms with Gasteiger partial charge in [-0.3, -0.25) is 0 Å². The molecule has 0 aliphatic carbocycles. The van der Waals surface area contributed by atoms with Crippen LogP contribution in [0.3, 0.4) is 0 Å². The van der Waals surface area contributed by atoms with Crippen LogP contribution >= 0.6 is 0 Å². The van der Waals surface area contributed by atoms with E-state index in [4.69, 9.17) is 14.2 Å². The number of fused-ring (bicyclic) bond motifs is 3. The molecule has 2 heterocycles. The lowest BCUT2D eigenvalue weighted by molar-refractivity contribution is 0.0513. The molecule has 0 atom stereocenters. The molecule has 2 aromatic heterocycles. The topological polar surface area (TPSA) is 93.4 Å². The third-order valence-electron chi connectivity index (χ3n) is 3.79. The van der Waals surface area contributed by atoms with Gasteiger partial charge in [0.15, 0.2) is 0 Å². The summed E-state index contributed by atoms with van der Waals surface area (Å²) in [5, 5.41) is 2.73. The van der Waals surface area contributed by atoms with Crippen molar-refractivity contribution in [2.75, 3.05) is 20.3 Å². The quantitative estimate of drug-likeness (QED) is 0.701. The summed E-state index contributed by atoms with van der Waals surface area (Å²) in [5.74, 6) is -0.363. The zero-order valence-corrected chi connectivity index (χ0v) is 13.7. The van der Waals surface area contributed by atoms with Crippen LogP contribution < -0.4 is 4.74 Å². The second-order valence-electron chi connectivity index (χ2n) is 5.10. The standard InChI is InChI=1S/C17H18N2O5/c1-4-23-16(20)14-9-6-12(22-3)11-8-19-15(17(21)24-5-2)13(11)10(9)7-18-14/h6-8,18-19H,4-5H2,1-3H3. The highest BCUT2D eigenvalue weighted by molar-refractivity contribution is 6.21. The first-order chi connectivity index (χ1) is 11.6. The van der Waals surface area contributed by atoms with Gasteiger partial charge in [-0.1, -0.05) is 0 Å². The van der Waals surface area contributed by atoms with Gasteiger partial charge in [-0.25, -0.2) is 9.59 Å². The molecule has 0 unspecified atom stereocenters. The normalized spacial score (nSPS) is 11.0. The molecule has 0 fully saturated rings. The van der Waals surface area contributed by atoms with Crippen molar-refractivity contribution < 1.29 is 23.8 Å². The molecular formula is C17H18N2O5. The summed E-state index contributed by atoms with van der Waals surface area (Å²) in [7, 11) is 1.54. The Labute approximate surface area is 137 Å². The Hall–Kier alpha value is -2.96. The lowest BCUT2D eigenvalue weighted by Crippen LogP contribution is -2.06. The number of esters is 2. The number of carbonyl (C=O) groups is 2. The fourth-order valence-corrected chi connectivity index (χ4v) is 2.80. The second-order valence-corrected chi connectivity index (χ2v) is 5.10. The average Bonchev–Trinajstić information content (AvgIpc) is 3.18. The highest BCUT2D eigenvalue weighted by Crippen LogP contribution is 2.37. The van der Waals surface area contributed by atoms with E-state index < -0.39 is 11.9 Å². The van der Waals surface area contributed by atoms with Gasteiger partial charge in [-0.15, -0.1) is 0 Å². The number of aromatic nitrogens is 2. The van der Waals surface area contributed by atoms with E-state index in [1.807, 2.05) is 0 Å². The van der Waals surface area contributed by atoms with Gasteiger partial charge in [-0.2, -0.15) is 0 Å². The number of ether oxygens (including phenoxy) is 3. The lowest BCUT2D eigenvalue weighted by Gasteiger charge is -2.06. The van der Waals surface area contributed by atoms with Crippen LogP contribution in [0.1, 0.15) is 34.8 Å². The molecule has 0 radical (unpaired) electrons. The van der Waals surface area contributed by atoms with Gasteiger partial charge in [0.05, 0.1) is 20.3 Å². The van der Waals surface area contributed by atoms with Crippen molar-refractivity contribution in [2.24, 2.45) is 0 Å². The van der Waals surface area contributed by atoms with Gasteiger partial charge < -0.3 is 24.2 Å². The summed E-state index contributed by atoms with van der Waals surface area (Å²) in [6, 6.07) is 1.75. The van der Waals surface area contributed by atoms with Gasteiger partial charge in [0.2, 0.25) is 0 Å². The minimum absolute atomic E-state index is 0.271. The number of nitrogens with one attached hydrogen (secondary N) is 2. The fourth-order valence-electron chi connectivity index (χ4n) is 2.80. The smallest absolute Gasteiger partial charge is 0.355 e. The first kappa shape index (κ1) is 15.9. The Kier molecular flexibility index (Phi) is 4.16. The van der Waals surface area contributed by atoms with Crippen LogP contribution in [-0.4, -0.2) is 42.2 Å². The van der Waals surface area contributed by atoms with Gasteiger partial charge in [0.1, 0.15) is 17.1 Å². The molecule has 126 valence electrons. The molecule has 0 amide bonds. The predicted molar refractivity (Wildman–Crippen MR) is 88.6 cm³/mol. The summed E-state index contributed by atoms with van der Waals surface area (Å²) in [4.78, 5) is 30.2. The lowest BCUT2D eigenvalue weighted by atomic mass is 10.0. The monoisotopic (exact) mass is 330 g/mol. The predicted octanol–water partition coefficient (Wildman–Crippen LogP) is 3.01. The molecule has 24 heavy (non-hydrogen) atoms. The van der Waals surface area contributed by atoms with Crippen LogP contribution in [-0.2, 0) is 9.47 Å². The van der Waals surface area contributed by atoms with Crippen molar-refractivity contribution in [3.8, 4) is 5.75 Å². The van der Waals surface area contributed by atoms with Crippen molar-refractivity contribution in [1.29, 1.82) is 0 Å². The molecule has 0 saturated carbocycles. The van der Waals surface area contributed by atoms with Crippen LogP contribution in [0, 0.1) is 0 Å². The Morgan fingerprint density at radius 3 is 2.12 bits per heavy atom. The molecule has 2 N–H and O–H groups in total. The minimum atomic E-state index is -0.457. The fraction of sp³-hybridized carbons (Fsp3) is 0.294. The van der Waals surface area contributed by atoms with Gasteiger partial charge in [-0.05, 0) is 19.9 Å². The maximum Gasteiger partial charge on any atom is 0.355 e. The Balaban J connectivity index is 2.30. The van der Waals surface area contributed by atoms with Crippen molar-refractivity contribution >= 4 is 33.5 Å². The first-order valence-corrected chi connectivity index (χ1v) is 7.65. The van der Waals surface area contributed by atoms with E-state index >= 15 is 0 Å². The second kappa shape index (κ2) is 6.27. The third-order valence-corrected chi connectivity index (χ3v) is 3.79. The molecule has 3 rings (SSSR count). The van der Waals surface area contributed by atoms with Crippen molar-refractivity contribution in [2.45, 2.75) is 13.8 Å². The van der Waals surface area contributed by atoms with E-state index in [9.17, 15) is 9.59 Å². The summed E-state index contributed by atoms with van der Waals surface area (Å²) in [5.41, 5.74) is 0.646. The largest absolute Gasteiger partial charge is 0.496 e. The number of hydrogen-bond acceptors (Lipinski definition) is 5. The maximum atomic E-state index is 12.2. The first-order valence-electron chi connectivity index (χ1n) is 7.65. The Bertz CT molecular complexity index is 922. The van der Waals surface area contributed by atoms with E-state index in [0.29, 0.717) is 27.9 Å². The van der Waals surface area contributed by atoms with Crippen LogP contribution in [0.25, 0.3) is 21.5 Å². The SMILES string of the molecule is CCOC(=O)c1[nH]cc2c1cc(OC)c1c[nH]c(C(=O)OCC)c12. The third kappa shape index (κ3) is 2.38. The summed E-state index contributed by atoms with van der Waals surface area (Å²) in [6.45, 7) is 4.03. The summed E-state index contributed by atoms with van der Waals surface area (Å²) < 4.78 is 15.6. The number of hydrogen-bond donors (Lipinski definition) is 2. The van der Waals surface area contributed by atoms with Crippen LogP contribution in [0.5, 0.6) is 5.75 Å². The highest BCUT2D eigenvalue weighted by Gasteiger charge is 2.22. The maximum absolute atomic E-state index is 12.2. The molecule has 7 heteroatoms. The Morgan fingerprint density at radius 1 is 0.917 bits per heavy atom. The van der Waals surface area contributed by atoms with E-state index in [1.165, 1.54) is 7.11 Å². The highest BCUT2D eigenvalue weighted by atomic mass is 16.5. The Morgan fingerprint density at radius 2 is 1.50 bits per heavy atom. The zero-order chi connectivity index (χ0) is 17.3. The van der Waals surface area contributed by atoms with Crippen molar-refractivity contribution in [3.05, 3.63) is 29.8 Å². The van der Waals surface area contributed by atoms with Crippen molar-refractivity contribution in [3.63, 3.8) is 0 Å². The van der Waals surface area contributed by atoms with Crippen LogP contribution in [0.2, 0.25) is 0 Å². The average molecular weight is 330 g/mol. The van der Waals surface area contributed by atoms with Crippen molar-refractivity contribution in [1.82, 2.24) is 9.97 Å². The number of H-pyrrole nitrogens is 2. The van der Waals surface area contributed by atoms with E-state index in [2.05, 4.69) is 9.97 Å². The minimum Gasteiger partial charge on any atom is -0.496 e. The summed E-state index contributed by atoms with van der Waals surface area (Å²) in [6.07, 6.45) is 3.37. The van der Waals surface area contributed by atoms with E-state index in [1.54, 1.807) is 32.3 Å². The molecule has 3 aromatic rings. The molecule has 0 bridgehead atoms. The number of benzene rings is 1. The zero-order valence-electron chi connectivity index (χ0n) is 13.7. The van der Waals surface area contributed by atoms with E-state index in [0.717, 1.165) is 10.8 Å². The number of carbonyl (C=O) groups excluding carboxylic acids is 2. The summed E-state index contributed by atoms with van der Waals surface area (Å²) >= 11 is 0. The van der Waals surface area contributed by atoms with Crippen LogP contribution in [0.15, 0.2) is 18.5 Å².